The number of anilines is 3. The second kappa shape index (κ2) is 10.6. The summed E-state index contributed by atoms with van der Waals surface area (Å²) >= 11 is 1.36. The lowest BCUT2D eigenvalue weighted by molar-refractivity contribution is -0.116. The third-order valence-electron chi connectivity index (χ3n) is 5.22. The van der Waals surface area contributed by atoms with Crippen molar-refractivity contribution in [2.45, 2.75) is 50.5 Å². The number of para-hydroxylation sites is 1. The van der Waals surface area contributed by atoms with Gasteiger partial charge in [-0.15, -0.1) is 5.10 Å². The van der Waals surface area contributed by atoms with Gasteiger partial charge >= 0.3 is 0 Å². The van der Waals surface area contributed by atoms with Crippen LogP contribution < -0.4 is 10.2 Å². The van der Waals surface area contributed by atoms with E-state index < -0.39 is 0 Å². The van der Waals surface area contributed by atoms with Crippen molar-refractivity contribution in [1.29, 1.82) is 0 Å². The van der Waals surface area contributed by atoms with Gasteiger partial charge in [-0.05, 0) is 73.5 Å². The summed E-state index contributed by atoms with van der Waals surface area (Å²) in [5.41, 5.74) is 2.86. The molecule has 0 bridgehead atoms. The highest BCUT2D eigenvalue weighted by atomic mass is 32.2. The fourth-order valence-corrected chi connectivity index (χ4v) is 4.46. The number of carbonyl (C=O) groups excluding carboxylic acids is 1. The predicted octanol–water partition coefficient (Wildman–Crippen LogP) is 4.13. The van der Waals surface area contributed by atoms with Crippen molar-refractivity contribution < 1.29 is 9.53 Å². The monoisotopic (exact) mass is 452 g/mol. The Morgan fingerprint density at radius 1 is 1.19 bits per heavy atom. The Kier molecular flexibility index (Phi) is 7.39. The number of nitrogens with zero attached hydrogens (tertiary/aromatic N) is 5. The zero-order valence-corrected chi connectivity index (χ0v) is 19.2. The second-order valence-corrected chi connectivity index (χ2v) is 8.91. The molecule has 4 rings (SSSR count). The second-order valence-electron chi connectivity index (χ2n) is 7.96. The molecule has 3 aromatic rings. The number of hydrogen-bond donors (Lipinski definition) is 1. The van der Waals surface area contributed by atoms with Gasteiger partial charge in [0.2, 0.25) is 11.1 Å². The third-order valence-corrected chi connectivity index (χ3v) is 6.16. The number of hydrogen-bond acceptors (Lipinski definition) is 7. The van der Waals surface area contributed by atoms with Gasteiger partial charge in [-0.25, -0.2) is 4.68 Å². The largest absolute Gasteiger partial charge is 0.376 e. The average Bonchev–Trinajstić information content (AvgIpc) is 3.47. The fourth-order valence-electron chi connectivity index (χ4n) is 3.72. The molecule has 1 aromatic heterocycles. The first kappa shape index (κ1) is 22.3. The molecule has 1 aliphatic heterocycles. The van der Waals surface area contributed by atoms with Crippen LogP contribution in [0.5, 0.6) is 0 Å². The van der Waals surface area contributed by atoms with Crippen molar-refractivity contribution >= 4 is 34.7 Å². The third kappa shape index (κ3) is 5.66. The summed E-state index contributed by atoms with van der Waals surface area (Å²) in [4.78, 5) is 14.9. The Bertz CT molecular complexity index is 1000. The number of aromatic nitrogens is 4. The molecule has 9 heteroatoms. The highest BCUT2D eigenvalue weighted by molar-refractivity contribution is 7.99. The van der Waals surface area contributed by atoms with Crippen LogP contribution in [0.15, 0.2) is 59.8 Å². The average molecular weight is 453 g/mol. The van der Waals surface area contributed by atoms with Gasteiger partial charge in [0.1, 0.15) is 0 Å². The van der Waals surface area contributed by atoms with E-state index in [-0.39, 0.29) is 23.8 Å². The Morgan fingerprint density at radius 2 is 1.94 bits per heavy atom. The summed E-state index contributed by atoms with van der Waals surface area (Å²) in [6.07, 6.45) is 2.22. The van der Waals surface area contributed by atoms with E-state index in [1.807, 2.05) is 73.3 Å². The van der Waals surface area contributed by atoms with Crippen LogP contribution in [0.4, 0.5) is 17.1 Å². The number of benzene rings is 2. The molecule has 1 atom stereocenters. The lowest BCUT2D eigenvalue weighted by Gasteiger charge is -2.27. The lowest BCUT2D eigenvalue weighted by Crippen LogP contribution is -2.38. The SMILES string of the molecule is CC(C)N(C(=O)CSc1nnnn1CC1CCCO1)c1ccc(Nc2ccccc2)cc1. The molecule has 1 aliphatic rings. The van der Waals surface area contributed by atoms with Crippen LogP contribution in [0.25, 0.3) is 0 Å². The van der Waals surface area contributed by atoms with Crippen LogP contribution >= 0.6 is 11.8 Å². The fraction of sp³-hybridized carbons (Fsp3) is 0.391. The standard InChI is InChI=1S/C23H28N6O2S/c1-17(2)29(20-12-10-19(11-13-20)24-18-7-4-3-5-8-18)22(30)16-32-23-25-26-27-28(23)15-21-9-6-14-31-21/h3-5,7-8,10-13,17,21,24H,6,9,14-16H2,1-2H3. The van der Waals surface area contributed by atoms with E-state index in [0.717, 1.165) is 36.5 Å². The highest BCUT2D eigenvalue weighted by Crippen LogP contribution is 2.25. The van der Waals surface area contributed by atoms with Crippen LogP contribution in [0.2, 0.25) is 0 Å². The molecule has 1 amide bonds. The van der Waals surface area contributed by atoms with Gasteiger partial charge in [-0.2, -0.15) is 0 Å². The molecule has 32 heavy (non-hydrogen) atoms. The maximum Gasteiger partial charge on any atom is 0.237 e. The maximum absolute atomic E-state index is 13.1. The number of nitrogens with one attached hydrogen (secondary N) is 1. The molecule has 1 unspecified atom stereocenters. The summed E-state index contributed by atoms with van der Waals surface area (Å²) in [7, 11) is 0. The van der Waals surface area contributed by atoms with Crippen LogP contribution in [-0.2, 0) is 16.1 Å². The van der Waals surface area contributed by atoms with Crippen molar-refractivity contribution in [2.24, 2.45) is 0 Å². The Morgan fingerprint density at radius 3 is 2.62 bits per heavy atom. The van der Waals surface area contributed by atoms with Crippen LogP contribution in [0, 0.1) is 0 Å². The molecule has 2 aromatic carbocycles. The Balaban J connectivity index is 1.38. The van der Waals surface area contributed by atoms with Crippen molar-refractivity contribution in [3.05, 3.63) is 54.6 Å². The normalized spacial score (nSPS) is 15.8. The van der Waals surface area contributed by atoms with Crippen molar-refractivity contribution in [1.82, 2.24) is 20.2 Å². The first-order valence-electron chi connectivity index (χ1n) is 10.8. The van der Waals surface area contributed by atoms with Crippen molar-refractivity contribution in [3.63, 3.8) is 0 Å². The Labute approximate surface area is 192 Å². The summed E-state index contributed by atoms with van der Waals surface area (Å²) in [6, 6.07) is 17.9. The molecule has 0 radical (unpaired) electrons. The van der Waals surface area contributed by atoms with E-state index in [1.54, 1.807) is 4.68 Å². The smallest absolute Gasteiger partial charge is 0.237 e. The number of tetrazole rings is 1. The summed E-state index contributed by atoms with van der Waals surface area (Å²) in [6.45, 7) is 5.43. The number of ether oxygens (including phenoxy) is 1. The number of amides is 1. The lowest BCUT2D eigenvalue weighted by atomic mass is 10.2. The molecule has 1 fully saturated rings. The van der Waals surface area contributed by atoms with Gasteiger partial charge in [-0.3, -0.25) is 4.79 Å². The molecule has 0 spiro atoms. The molecule has 0 saturated carbocycles. The number of thioether (sulfide) groups is 1. The van der Waals surface area contributed by atoms with E-state index >= 15 is 0 Å². The number of carbonyl (C=O) groups is 1. The van der Waals surface area contributed by atoms with E-state index in [0.29, 0.717) is 11.7 Å². The minimum absolute atomic E-state index is 0.0143. The summed E-state index contributed by atoms with van der Waals surface area (Å²) in [5.74, 6) is 0.272. The Hall–Kier alpha value is -2.91. The first-order chi connectivity index (χ1) is 15.6. The zero-order valence-electron chi connectivity index (χ0n) is 18.3. The topological polar surface area (TPSA) is 85.2 Å². The minimum Gasteiger partial charge on any atom is -0.376 e. The molecular formula is C23H28N6O2S. The number of rotatable bonds is 9. The summed E-state index contributed by atoms with van der Waals surface area (Å²) in [5, 5.41) is 15.9. The van der Waals surface area contributed by atoms with Crippen molar-refractivity contribution in [2.75, 3.05) is 22.6 Å². The first-order valence-corrected chi connectivity index (χ1v) is 11.8. The van der Waals surface area contributed by atoms with Gasteiger partial charge in [-0.1, -0.05) is 30.0 Å². The summed E-state index contributed by atoms with van der Waals surface area (Å²) < 4.78 is 7.41. The molecule has 1 N–H and O–H groups in total. The van der Waals surface area contributed by atoms with Crippen LogP contribution in [0.1, 0.15) is 26.7 Å². The molecule has 1 saturated heterocycles. The molecule has 168 valence electrons. The molecular weight excluding hydrogens is 424 g/mol. The molecule has 8 nitrogen and oxygen atoms in total. The van der Waals surface area contributed by atoms with E-state index in [4.69, 9.17) is 4.74 Å². The molecule has 0 aliphatic carbocycles. The van der Waals surface area contributed by atoms with Gasteiger partial charge in [0, 0.05) is 29.7 Å². The predicted molar refractivity (Wildman–Crippen MR) is 126 cm³/mol. The quantitative estimate of drug-likeness (QED) is 0.489. The highest BCUT2D eigenvalue weighted by Gasteiger charge is 2.22. The van der Waals surface area contributed by atoms with Crippen LogP contribution in [-0.4, -0.2) is 50.6 Å². The van der Waals surface area contributed by atoms with Gasteiger partial charge in [0.25, 0.3) is 0 Å². The van der Waals surface area contributed by atoms with E-state index in [2.05, 4.69) is 20.8 Å². The molecule has 2 heterocycles. The van der Waals surface area contributed by atoms with Crippen LogP contribution in [0.3, 0.4) is 0 Å². The maximum atomic E-state index is 13.1. The van der Waals surface area contributed by atoms with E-state index in [9.17, 15) is 4.79 Å². The van der Waals surface area contributed by atoms with Gasteiger partial charge in [0.15, 0.2) is 0 Å². The van der Waals surface area contributed by atoms with Crippen molar-refractivity contribution in [3.8, 4) is 0 Å². The van der Waals surface area contributed by atoms with Gasteiger partial charge < -0.3 is 15.0 Å². The van der Waals surface area contributed by atoms with E-state index in [1.165, 1.54) is 11.8 Å². The zero-order chi connectivity index (χ0) is 22.3. The van der Waals surface area contributed by atoms with Gasteiger partial charge in [0.05, 0.1) is 18.4 Å². The minimum atomic E-state index is 0.0143.